The second kappa shape index (κ2) is 12.5. The number of halogens is 2. The smallest absolute Gasteiger partial charge is 0.262 e. The van der Waals surface area contributed by atoms with Crippen LogP contribution in [0.3, 0.4) is 0 Å². The average Bonchev–Trinajstić information content (AvgIpc) is 2.90. The molecule has 0 heterocycles. The van der Waals surface area contributed by atoms with Crippen LogP contribution in [0.5, 0.6) is 23.0 Å². The van der Waals surface area contributed by atoms with Crippen molar-refractivity contribution in [2.24, 2.45) is 0 Å². The molecule has 0 unspecified atom stereocenters. The first-order valence-electron chi connectivity index (χ1n) is 10.7. The second-order valence-electron chi connectivity index (χ2n) is 7.44. The first-order valence-corrected chi connectivity index (χ1v) is 11.1. The van der Waals surface area contributed by atoms with Gasteiger partial charge in [-0.3, -0.25) is 4.79 Å². The zero-order chi connectivity index (χ0) is 26.1. The Morgan fingerprint density at radius 2 is 1.78 bits per heavy atom. The minimum absolute atomic E-state index is 0.0569. The van der Waals surface area contributed by atoms with E-state index in [9.17, 15) is 14.4 Å². The van der Waals surface area contributed by atoms with Crippen molar-refractivity contribution in [3.05, 3.63) is 87.7 Å². The molecule has 0 bridgehead atoms. The monoisotopic (exact) mass is 510 g/mol. The number of hydrogen-bond donors (Lipinski definition) is 1. The molecule has 0 saturated carbocycles. The third-order valence-corrected chi connectivity index (χ3v) is 5.47. The van der Waals surface area contributed by atoms with Gasteiger partial charge in [0, 0.05) is 23.7 Å². The molecule has 1 amide bonds. The summed E-state index contributed by atoms with van der Waals surface area (Å²) in [7, 11) is 4.49. The summed E-state index contributed by atoms with van der Waals surface area (Å²) >= 11 is 6.39. The molecular weight excluding hydrogens is 487 g/mol. The summed E-state index contributed by atoms with van der Waals surface area (Å²) in [5.74, 6) is 0.667. The van der Waals surface area contributed by atoms with Crippen molar-refractivity contribution in [3.8, 4) is 29.1 Å². The Kier molecular flexibility index (Phi) is 9.14. The van der Waals surface area contributed by atoms with E-state index >= 15 is 0 Å². The molecule has 0 radical (unpaired) electrons. The number of carbonyl (C=O) groups is 1. The molecule has 36 heavy (non-hydrogen) atoms. The first-order chi connectivity index (χ1) is 17.4. The van der Waals surface area contributed by atoms with Crippen LogP contribution in [0.15, 0.2) is 60.2 Å². The highest BCUT2D eigenvalue weighted by Crippen LogP contribution is 2.37. The molecule has 0 fully saturated rings. The van der Waals surface area contributed by atoms with Gasteiger partial charge in [-0.05, 0) is 42.0 Å². The standard InChI is InChI=1S/C27H24ClFN2O5/c1-33-21-9-8-18(24(13-21)34-2)15-31-27(32)20(14-30)10-17-11-22(28)26(25(12-17)35-3)36-16-19-6-4-5-7-23(19)29/h4-13H,15-16H2,1-3H3,(H,31,32)/b20-10+. The lowest BCUT2D eigenvalue weighted by molar-refractivity contribution is -0.117. The van der Waals surface area contributed by atoms with E-state index in [1.807, 2.05) is 6.07 Å². The van der Waals surface area contributed by atoms with E-state index in [2.05, 4.69) is 5.32 Å². The molecule has 0 aliphatic rings. The molecule has 7 nitrogen and oxygen atoms in total. The van der Waals surface area contributed by atoms with Gasteiger partial charge in [0.05, 0.1) is 26.4 Å². The number of benzene rings is 3. The summed E-state index contributed by atoms with van der Waals surface area (Å²) in [6.07, 6.45) is 1.38. The maximum absolute atomic E-state index is 13.9. The Balaban J connectivity index is 1.77. The fraction of sp³-hybridized carbons (Fsp3) is 0.185. The zero-order valence-electron chi connectivity index (χ0n) is 19.9. The van der Waals surface area contributed by atoms with Crippen LogP contribution in [-0.2, 0) is 17.9 Å². The van der Waals surface area contributed by atoms with E-state index < -0.39 is 11.7 Å². The van der Waals surface area contributed by atoms with Crippen LogP contribution in [0.1, 0.15) is 16.7 Å². The number of ether oxygens (including phenoxy) is 4. The molecule has 3 rings (SSSR count). The normalized spacial score (nSPS) is 10.8. The van der Waals surface area contributed by atoms with E-state index in [-0.39, 0.29) is 35.2 Å². The zero-order valence-corrected chi connectivity index (χ0v) is 20.7. The summed E-state index contributed by atoms with van der Waals surface area (Å²) in [6, 6.07) is 16.4. The van der Waals surface area contributed by atoms with Crippen molar-refractivity contribution >= 4 is 23.6 Å². The highest BCUT2D eigenvalue weighted by atomic mass is 35.5. The van der Waals surface area contributed by atoms with Crippen LogP contribution in [0.25, 0.3) is 6.08 Å². The van der Waals surface area contributed by atoms with Crippen LogP contribution < -0.4 is 24.3 Å². The molecule has 0 spiro atoms. The van der Waals surface area contributed by atoms with E-state index in [4.69, 9.17) is 30.5 Å². The van der Waals surface area contributed by atoms with E-state index in [0.717, 1.165) is 0 Å². The minimum Gasteiger partial charge on any atom is -0.497 e. The van der Waals surface area contributed by atoms with Gasteiger partial charge >= 0.3 is 0 Å². The number of methoxy groups -OCH3 is 3. The number of nitrogens with zero attached hydrogens (tertiary/aromatic N) is 1. The molecule has 9 heteroatoms. The average molecular weight is 511 g/mol. The van der Waals surface area contributed by atoms with Crippen LogP contribution in [0.2, 0.25) is 5.02 Å². The molecule has 1 N–H and O–H groups in total. The Hall–Kier alpha value is -4.22. The highest BCUT2D eigenvalue weighted by Gasteiger charge is 2.15. The number of rotatable bonds is 10. The lowest BCUT2D eigenvalue weighted by Crippen LogP contribution is -2.24. The maximum Gasteiger partial charge on any atom is 0.262 e. The Labute approximate surface area is 213 Å². The summed E-state index contributed by atoms with van der Waals surface area (Å²) in [6.45, 7) is 0.0799. The van der Waals surface area contributed by atoms with E-state index in [1.165, 1.54) is 32.4 Å². The Bertz CT molecular complexity index is 1320. The van der Waals surface area contributed by atoms with Gasteiger partial charge in [0.25, 0.3) is 5.91 Å². The van der Waals surface area contributed by atoms with Crippen molar-refractivity contribution < 1.29 is 28.1 Å². The molecule has 0 aliphatic carbocycles. The lowest BCUT2D eigenvalue weighted by Gasteiger charge is -2.14. The molecule has 3 aromatic rings. The van der Waals surface area contributed by atoms with Gasteiger partial charge in [0.2, 0.25) is 0 Å². The van der Waals surface area contributed by atoms with Gasteiger partial charge in [-0.25, -0.2) is 4.39 Å². The predicted molar refractivity (Wildman–Crippen MR) is 134 cm³/mol. The minimum atomic E-state index is -0.578. The lowest BCUT2D eigenvalue weighted by atomic mass is 10.1. The highest BCUT2D eigenvalue weighted by molar-refractivity contribution is 6.32. The van der Waals surface area contributed by atoms with Crippen LogP contribution in [0.4, 0.5) is 4.39 Å². The predicted octanol–water partition coefficient (Wildman–Crippen LogP) is 5.31. The number of amides is 1. The third-order valence-electron chi connectivity index (χ3n) is 5.19. The topological polar surface area (TPSA) is 89.8 Å². The fourth-order valence-corrected chi connectivity index (χ4v) is 3.59. The number of hydrogen-bond acceptors (Lipinski definition) is 6. The summed E-state index contributed by atoms with van der Waals surface area (Å²) in [5.41, 5.74) is 1.38. The summed E-state index contributed by atoms with van der Waals surface area (Å²) in [5, 5.41) is 12.5. The van der Waals surface area contributed by atoms with Crippen LogP contribution in [0, 0.1) is 17.1 Å². The summed E-state index contributed by atoms with van der Waals surface area (Å²) < 4.78 is 35.5. The quantitative estimate of drug-likeness (QED) is 0.294. The molecule has 0 saturated heterocycles. The Morgan fingerprint density at radius 3 is 2.44 bits per heavy atom. The Morgan fingerprint density at radius 1 is 1.03 bits per heavy atom. The number of nitriles is 1. The van der Waals surface area contributed by atoms with E-state index in [0.29, 0.717) is 28.2 Å². The van der Waals surface area contributed by atoms with Crippen molar-refractivity contribution in [2.75, 3.05) is 21.3 Å². The van der Waals surface area contributed by atoms with Gasteiger partial charge in [0.15, 0.2) is 11.5 Å². The molecule has 0 aromatic heterocycles. The first kappa shape index (κ1) is 26.4. The molecule has 186 valence electrons. The van der Waals surface area contributed by atoms with Crippen molar-refractivity contribution in [2.45, 2.75) is 13.2 Å². The van der Waals surface area contributed by atoms with Crippen LogP contribution >= 0.6 is 11.6 Å². The van der Waals surface area contributed by atoms with Crippen molar-refractivity contribution in [3.63, 3.8) is 0 Å². The van der Waals surface area contributed by atoms with Gasteiger partial charge in [-0.2, -0.15) is 5.26 Å². The largest absolute Gasteiger partial charge is 0.497 e. The fourth-order valence-electron chi connectivity index (χ4n) is 3.31. The third kappa shape index (κ3) is 6.46. The summed E-state index contributed by atoms with van der Waals surface area (Å²) in [4.78, 5) is 12.7. The van der Waals surface area contributed by atoms with Crippen LogP contribution in [-0.4, -0.2) is 27.2 Å². The van der Waals surface area contributed by atoms with Crippen molar-refractivity contribution in [1.29, 1.82) is 5.26 Å². The second-order valence-corrected chi connectivity index (χ2v) is 7.85. The van der Waals surface area contributed by atoms with Gasteiger partial charge in [0.1, 0.15) is 35.6 Å². The van der Waals surface area contributed by atoms with Gasteiger partial charge in [-0.1, -0.05) is 29.8 Å². The molecular formula is C27H24ClFN2O5. The van der Waals surface area contributed by atoms with E-state index in [1.54, 1.807) is 49.6 Å². The number of nitrogens with one attached hydrogen (secondary N) is 1. The number of carbonyl (C=O) groups excluding carboxylic acids is 1. The van der Waals surface area contributed by atoms with Crippen molar-refractivity contribution in [1.82, 2.24) is 5.32 Å². The SMILES string of the molecule is COc1ccc(CNC(=O)/C(C#N)=C/c2cc(Cl)c(OCc3ccccc3F)c(OC)c2)c(OC)c1. The molecule has 0 atom stereocenters. The maximum atomic E-state index is 13.9. The van der Waals surface area contributed by atoms with Gasteiger partial charge < -0.3 is 24.3 Å². The van der Waals surface area contributed by atoms with Gasteiger partial charge in [-0.15, -0.1) is 0 Å². The molecule has 0 aliphatic heterocycles. The molecule has 3 aromatic carbocycles.